The van der Waals surface area contributed by atoms with E-state index in [2.05, 4.69) is 45.5 Å². The van der Waals surface area contributed by atoms with Crippen LogP contribution in [-0.2, 0) is 6.42 Å². The second-order valence-corrected chi connectivity index (χ2v) is 12.2. The summed E-state index contributed by atoms with van der Waals surface area (Å²) < 4.78 is 0. The van der Waals surface area contributed by atoms with Crippen LogP contribution < -0.4 is 10.2 Å². The van der Waals surface area contributed by atoms with Gasteiger partial charge in [0.05, 0.1) is 16.6 Å². The third-order valence-electron chi connectivity index (χ3n) is 9.43. The van der Waals surface area contributed by atoms with Crippen molar-refractivity contribution in [1.82, 2.24) is 15.2 Å². The van der Waals surface area contributed by atoms with E-state index in [9.17, 15) is 9.59 Å². The average Bonchev–Trinajstić information content (AvgIpc) is 3.61. The number of nitrogens with zero attached hydrogens (tertiary/aromatic N) is 3. The Balaban J connectivity index is 1.01. The van der Waals surface area contributed by atoms with Crippen molar-refractivity contribution < 1.29 is 9.59 Å². The van der Waals surface area contributed by atoms with Crippen LogP contribution in [0.5, 0.6) is 0 Å². The van der Waals surface area contributed by atoms with Gasteiger partial charge in [-0.3, -0.25) is 14.6 Å². The van der Waals surface area contributed by atoms with Gasteiger partial charge in [0.2, 0.25) is 0 Å². The highest BCUT2D eigenvalue weighted by molar-refractivity contribution is 6.33. The molecule has 0 bridgehead atoms. The lowest BCUT2D eigenvalue weighted by molar-refractivity contribution is 0.0764. The Bertz CT molecular complexity index is 1650. The van der Waals surface area contributed by atoms with E-state index >= 15 is 0 Å². The number of halogens is 1. The van der Waals surface area contributed by atoms with Crippen molar-refractivity contribution in [2.24, 2.45) is 5.41 Å². The molecular weight excluding hydrogens is 532 g/mol. The average molecular weight is 565 g/mol. The van der Waals surface area contributed by atoms with Crippen LogP contribution in [-0.4, -0.2) is 47.9 Å². The number of carbonyl (C=O) groups is 2. The van der Waals surface area contributed by atoms with Crippen LogP contribution in [0.25, 0.3) is 10.8 Å². The van der Waals surface area contributed by atoms with E-state index in [-0.39, 0.29) is 23.3 Å². The van der Waals surface area contributed by atoms with Gasteiger partial charge < -0.3 is 15.1 Å². The zero-order chi connectivity index (χ0) is 28.0. The summed E-state index contributed by atoms with van der Waals surface area (Å²) in [5.41, 5.74) is 4.88. The van der Waals surface area contributed by atoms with Gasteiger partial charge in [-0.2, -0.15) is 0 Å². The molecule has 2 aliphatic heterocycles. The molecule has 6 nitrogen and oxygen atoms in total. The fourth-order valence-electron chi connectivity index (χ4n) is 6.97. The predicted molar refractivity (Wildman–Crippen MR) is 163 cm³/mol. The highest BCUT2D eigenvalue weighted by atomic mass is 35.5. The molecule has 3 heterocycles. The van der Waals surface area contributed by atoms with E-state index < -0.39 is 0 Å². The number of hydrogen-bond donors (Lipinski definition) is 1. The molecule has 0 radical (unpaired) electrons. The predicted octanol–water partition coefficient (Wildman–Crippen LogP) is 6.44. The molecule has 41 heavy (non-hydrogen) atoms. The van der Waals surface area contributed by atoms with Gasteiger partial charge >= 0.3 is 0 Å². The maximum absolute atomic E-state index is 13.7. The summed E-state index contributed by atoms with van der Waals surface area (Å²) in [6.07, 6.45) is 8.69. The molecule has 0 saturated carbocycles. The molecular formula is C34H33ClN4O2. The first-order valence-corrected chi connectivity index (χ1v) is 14.9. The molecule has 3 aromatic carbocycles. The molecule has 1 aromatic heterocycles. The van der Waals surface area contributed by atoms with Crippen LogP contribution in [0.1, 0.15) is 63.6 Å². The van der Waals surface area contributed by atoms with Gasteiger partial charge in [0.25, 0.3) is 11.8 Å². The summed E-state index contributed by atoms with van der Waals surface area (Å²) >= 11 is 6.25. The molecule has 1 atom stereocenters. The minimum absolute atomic E-state index is 0.0957. The molecule has 2 saturated heterocycles. The summed E-state index contributed by atoms with van der Waals surface area (Å²) in [7, 11) is 0. The quantitative estimate of drug-likeness (QED) is 0.310. The van der Waals surface area contributed by atoms with E-state index in [1.165, 1.54) is 16.6 Å². The lowest BCUT2D eigenvalue weighted by Gasteiger charge is -2.40. The fourth-order valence-corrected chi connectivity index (χ4v) is 7.19. The number of aromatic nitrogens is 1. The topological polar surface area (TPSA) is 65.5 Å². The molecule has 1 spiro atoms. The number of nitrogens with one attached hydrogen (secondary N) is 1. The van der Waals surface area contributed by atoms with Gasteiger partial charge in [-0.25, -0.2) is 0 Å². The highest BCUT2D eigenvalue weighted by Crippen LogP contribution is 2.42. The number of pyridine rings is 1. The third-order valence-corrected chi connectivity index (χ3v) is 9.76. The number of anilines is 1. The smallest absolute Gasteiger partial charge is 0.253 e. The van der Waals surface area contributed by atoms with Crippen molar-refractivity contribution in [3.8, 4) is 0 Å². The lowest BCUT2D eigenvalue weighted by Crippen LogP contribution is -2.42. The van der Waals surface area contributed by atoms with E-state index in [0.29, 0.717) is 16.1 Å². The largest absolute Gasteiger partial charge is 0.371 e. The van der Waals surface area contributed by atoms with E-state index in [1.807, 2.05) is 41.6 Å². The van der Waals surface area contributed by atoms with Gasteiger partial charge in [-0.05, 0) is 96.5 Å². The van der Waals surface area contributed by atoms with Crippen LogP contribution >= 0.6 is 11.6 Å². The number of likely N-dealkylation sites (tertiary alicyclic amines) is 1. The normalized spacial score (nSPS) is 19.5. The molecule has 7 rings (SSSR count). The second-order valence-electron chi connectivity index (χ2n) is 11.8. The van der Waals surface area contributed by atoms with Gasteiger partial charge in [-0.1, -0.05) is 35.9 Å². The first-order chi connectivity index (χ1) is 20.0. The summed E-state index contributed by atoms with van der Waals surface area (Å²) in [6, 6.07) is 21.7. The molecule has 2 amide bonds. The minimum atomic E-state index is -0.182. The maximum atomic E-state index is 13.7. The third kappa shape index (κ3) is 4.95. The minimum Gasteiger partial charge on any atom is -0.371 e. The number of carbonyl (C=O) groups excluding carboxylic acids is 2. The van der Waals surface area contributed by atoms with Crippen LogP contribution in [0.4, 0.5) is 5.69 Å². The molecule has 3 aliphatic rings. The summed E-state index contributed by atoms with van der Waals surface area (Å²) in [5.74, 6) is -0.0861. The maximum Gasteiger partial charge on any atom is 0.253 e. The Labute approximate surface area is 245 Å². The lowest BCUT2D eigenvalue weighted by atomic mass is 9.77. The van der Waals surface area contributed by atoms with E-state index in [0.717, 1.165) is 69.2 Å². The standard InChI is InChI=1S/C34H33ClN4O2/c35-30-4-2-1-3-28(30)32(40)37-31-10-8-23-5-6-25(20-29(23)31)33(41)39-18-14-34(22-39)12-16-38(17-13-34)27-9-7-26-21-36-15-11-24(26)19-27/h1-7,9,11,15,19-21,31H,8,10,12-14,16-18,22H2,(H,37,40). The summed E-state index contributed by atoms with van der Waals surface area (Å²) in [4.78, 5) is 35.4. The molecule has 2 fully saturated rings. The van der Waals surface area contributed by atoms with E-state index in [4.69, 9.17) is 11.6 Å². The fraction of sp³-hybridized carbons (Fsp3) is 0.324. The Hall–Kier alpha value is -3.90. The van der Waals surface area contributed by atoms with Gasteiger partial charge in [0.15, 0.2) is 0 Å². The van der Waals surface area contributed by atoms with Crippen LogP contribution in [0.15, 0.2) is 79.1 Å². The number of rotatable bonds is 4. The zero-order valence-electron chi connectivity index (χ0n) is 23.0. The Morgan fingerprint density at radius 1 is 0.927 bits per heavy atom. The van der Waals surface area contributed by atoms with Crippen molar-refractivity contribution in [1.29, 1.82) is 0 Å². The monoisotopic (exact) mass is 564 g/mol. The van der Waals surface area contributed by atoms with Crippen molar-refractivity contribution in [2.75, 3.05) is 31.1 Å². The molecule has 1 aliphatic carbocycles. The number of benzene rings is 3. The number of hydrogen-bond acceptors (Lipinski definition) is 4. The number of piperidine rings is 1. The van der Waals surface area contributed by atoms with Crippen molar-refractivity contribution in [2.45, 2.75) is 38.1 Å². The van der Waals surface area contributed by atoms with Gasteiger partial charge in [0.1, 0.15) is 0 Å². The molecule has 1 unspecified atom stereocenters. The molecule has 208 valence electrons. The van der Waals surface area contributed by atoms with Crippen LogP contribution in [0.2, 0.25) is 5.02 Å². The number of fused-ring (bicyclic) bond motifs is 2. The molecule has 7 heteroatoms. The van der Waals surface area contributed by atoms with E-state index in [1.54, 1.807) is 12.1 Å². The molecule has 1 N–H and O–H groups in total. The number of aryl methyl sites for hydroxylation is 1. The highest BCUT2D eigenvalue weighted by Gasteiger charge is 2.42. The Kier molecular flexibility index (Phi) is 6.66. The van der Waals surface area contributed by atoms with Crippen LogP contribution in [0.3, 0.4) is 0 Å². The van der Waals surface area contributed by atoms with Gasteiger partial charge in [0, 0.05) is 55.2 Å². The summed E-state index contributed by atoms with van der Waals surface area (Å²) in [5, 5.41) is 5.97. The Morgan fingerprint density at radius 3 is 2.61 bits per heavy atom. The SMILES string of the molecule is O=C(NC1CCc2ccc(C(=O)N3CCC4(CCN(c5ccc6cnccc6c5)CC4)C3)cc21)c1ccccc1Cl. The molecule has 4 aromatic rings. The number of amides is 2. The van der Waals surface area contributed by atoms with Crippen molar-refractivity contribution in [3.05, 3.63) is 106 Å². The van der Waals surface area contributed by atoms with Crippen molar-refractivity contribution in [3.63, 3.8) is 0 Å². The van der Waals surface area contributed by atoms with Crippen molar-refractivity contribution >= 4 is 39.9 Å². The zero-order valence-corrected chi connectivity index (χ0v) is 23.7. The summed E-state index contributed by atoms with van der Waals surface area (Å²) in [6.45, 7) is 3.62. The second kappa shape index (κ2) is 10.5. The van der Waals surface area contributed by atoms with Gasteiger partial charge in [-0.15, -0.1) is 0 Å². The first-order valence-electron chi connectivity index (χ1n) is 14.5. The first kappa shape index (κ1) is 26.0. The Morgan fingerprint density at radius 2 is 1.76 bits per heavy atom. The van der Waals surface area contributed by atoms with Crippen LogP contribution in [0, 0.1) is 5.41 Å².